The number of amides is 1. The topological polar surface area (TPSA) is 64.2 Å². The summed E-state index contributed by atoms with van der Waals surface area (Å²) in [6.45, 7) is 0.769. The number of carbonyl (C=O) groups excluding carboxylic acids is 1. The molecule has 0 bridgehead atoms. The lowest BCUT2D eigenvalue weighted by atomic mass is 10.1. The molecule has 0 unspecified atom stereocenters. The summed E-state index contributed by atoms with van der Waals surface area (Å²) < 4.78 is 2.00. The molecule has 0 spiro atoms. The molecule has 0 saturated heterocycles. The molecule has 0 saturated carbocycles. The lowest BCUT2D eigenvalue weighted by molar-refractivity contribution is -0.130. The minimum absolute atomic E-state index is 0.0809. The number of hydrogen-bond donors (Lipinski definition) is 1. The second-order valence-electron chi connectivity index (χ2n) is 5.07. The predicted molar refractivity (Wildman–Crippen MR) is 78.1 cm³/mol. The molecule has 0 aliphatic carbocycles. The van der Waals surface area contributed by atoms with E-state index in [4.69, 9.17) is 5.73 Å². The quantitative estimate of drug-likeness (QED) is 0.879. The second kappa shape index (κ2) is 6.34. The Balaban J connectivity index is 1.97. The molecule has 2 rings (SSSR count). The van der Waals surface area contributed by atoms with Crippen LogP contribution in [-0.4, -0.2) is 40.5 Å². The van der Waals surface area contributed by atoms with Crippen LogP contribution in [0.5, 0.6) is 0 Å². The number of imidazole rings is 1. The monoisotopic (exact) mass is 272 g/mol. The zero-order chi connectivity index (χ0) is 14.5. The lowest BCUT2D eigenvalue weighted by Crippen LogP contribution is -2.41. The van der Waals surface area contributed by atoms with Crippen LogP contribution in [0.4, 0.5) is 0 Å². The number of likely N-dealkylation sites (N-methyl/N-ethyl adjacent to an activating group) is 1. The molecule has 1 aromatic carbocycles. The summed E-state index contributed by atoms with van der Waals surface area (Å²) >= 11 is 0. The van der Waals surface area contributed by atoms with E-state index in [9.17, 15) is 4.79 Å². The molecule has 0 aliphatic heterocycles. The molecule has 5 heteroatoms. The number of nitrogens with two attached hydrogens (primary N) is 1. The first-order chi connectivity index (χ1) is 9.56. The summed E-state index contributed by atoms with van der Waals surface area (Å²) in [4.78, 5) is 17.5. The summed E-state index contributed by atoms with van der Waals surface area (Å²) in [7, 11) is 3.41. The van der Waals surface area contributed by atoms with Crippen LogP contribution in [0.1, 0.15) is 11.3 Å². The first-order valence-electron chi connectivity index (χ1n) is 6.57. The molecule has 2 aromatic rings. The maximum atomic E-state index is 11.7. The van der Waals surface area contributed by atoms with Gasteiger partial charge in [-0.15, -0.1) is 0 Å². The summed E-state index contributed by atoms with van der Waals surface area (Å²) in [5, 5.41) is 0. The van der Waals surface area contributed by atoms with Gasteiger partial charge in [-0.05, 0) is 5.56 Å². The van der Waals surface area contributed by atoms with Crippen LogP contribution < -0.4 is 5.73 Å². The van der Waals surface area contributed by atoms with Crippen LogP contribution >= 0.6 is 0 Å². The Kier molecular flexibility index (Phi) is 4.53. The molecular weight excluding hydrogens is 252 g/mol. The zero-order valence-electron chi connectivity index (χ0n) is 11.9. The highest BCUT2D eigenvalue weighted by molar-refractivity contribution is 5.81. The van der Waals surface area contributed by atoms with E-state index in [1.54, 1.807) is 20.4 Å². The summed E-state index contributed by atoms with van der Waals surface area (Å²) in [5.74, 6) is -0.0809. The first kappa shape index (κ1) is 14.3. The van der Waals surface area contributed by atoms with Gasteiger partial charge in [0.05, 0.1) is 18.1 Å². The van der Waals surface area contributed by atoms with E-state index in [-0.39, 0.29) is 5.91 Å². The molecule has 1 amide bonds. The average molecular weight is 272 g/mol. The molecule has 0 radical (unpaired) electrons. The molecule has 0 fully saturated rings. The lowest BCUT2D eigenvalue weighted by Gasteiger charge is -2.15. The van der Waals surface area contributed by atoms with Crippen molar-refractivity contribution >= 4 is 5.91 Å². The minimum Gasteiger partial charge on any atom is -0.347 e. The molecule has 106 valence electrons. The molecule has 2 N–H and O–H groups in total. The fourth-order valence-corrected chi connectivity index (χ4v) is 2.04. The van der Waals surface area contributed by atoms with Crippen molar-refractivity contribution < 1.29 is 4.79 Å². The average Bonchev–Trinajstić information content (AvgIpc) is 2.86. The van der Waals surface area contributed by atoms with Crippen molar-refractivity contribution in [3.05, 3.63) is 54.1 Å². The van der Waals surface area contributed by atoms with E-state index in [1.165, 1.54) is 10.5 Å². The molecule has 1 aromatic heterocycles. The van der Waals surface area contributed by atoms with Gasteiger partial charge in [0.2, 0.25) is 5.91 Å². The number of hydrogen-bond acceptors (Lipinski definition) is 3. The maximum Gasteiger partial charge on any atom is 0.239 e. The minimum atomic E-state index is -0.537. The summed E-state index contributed by atoms with van der Waals surface area (Å²) in [6, 6.07) is 9.62. The van der Waals surface area contributed by atoms with E-state index in [1.807, 2.05) is 29.0 Å². The van der Waals surface area contributed by atoms with Gasteiger partial charge in [0.25, 0.3) is 0 Å². The molecular formula is C15H20N4O. The van der Waals surface area contributed by atoms with Crippen molar-refractivity contribution in [2.45, 2.75) is 19.0 Å². The number of nitrogens with zero attached hydrogens (tertiary/aromatic N) is 3. The Hall–Kier alpha value is -2.14. The van der Waals surface area contributed by atoms with Gasteiger partial charge in [-0.3, -0.25) is 4.79 Å². The van der Waals surface area contributed by atoms with Gasteiger partial charge in [-0.2, -0.15) is 0 Å². The van der Waals surface area contributed by atoms with E-state index < -0.39 is 6.04 Å². The van der Waals surface area contributed by atoms with E-state index in [2.05, 4.69) is 17.1 Å². The summed E-state index contributed by atoms with van der Waals surface area (Å²) in [6.07, 6.45) is 4.17. The predicted octanol–water partition coefficient (Wildman–Crippen LogP) is 0.889. The highest BCUT2D eigenvalue weighted by Gasteiger charge is 2.16. The first-order valence-corrected chi connectivity index (χ1v) is 6.57. The Morgan fingerprint density at radius 2 is 2.05 bits per heavy atom. The number of carbonyl (C=O) groups is 1. The van der Waals surface area contributed by atoms with Crippen LogP contribution in [0.2, 0.25) is 0 Å². The molecule has 1 atom stereocenters. The van der Waals surface area contributed by atoms with Gasteiger partial charge in [-0.25, -0.2) is 4.98 Å². The Labute approximate surface area is 119 Å². The largest absolute Gasteiger partial charge is 0.347 e. The van der Waals surface area contributed by atoms with Crippen molar-refractivity contribution in [2.75, 3.05) is 14.1 Å². The molecule has 5 nitrogen and oxygen atoms in total. The van der Waals surface area contributed by atoms with Crippen LogP contribution in [0.3, 0.4) is 0 Å². The Morgan fingerprint density at radius 1 is 1.35 bits per heavy atom. The van der Waals surface area contributed by atoms with Crippen LogP contribution in [0, 0.1) is 0 Å². The van der Waals surface area contributed by atoms with Crippen molar-refractivity contribution in [1.29, 1.82) is 0 Å². The van der Waals surface area contributed by atoms with Gasteiger partial charge in [-0.1, -0.05) is 30.3 Å². The highest BCUT2D eigenvalue weighted by Crippen LogP contribution is 2.06. The van der Waals surface area contributed by atoms with E-state index in [0.717, 1.165) is 12.2 Å². The molecule has 1 heterocycles. The normalized spacial score (nSPS) is 12.2. The van der Waals surface area contributed by atoms with Gasteiger partial charge in [0, 0.05) is 33.3 Å². The van der Waals surface area contributed by atoms with Crippen molar-refractivity contribution in [2.24, 2.45) is 5.73 Å². The van der Waals surface area contributed by atoms with Crippen LogP contribution in [-0.2, 0) is 17.8 Å². The Bertz CT molecular complexity index is 562. The smallest absolute Gasteiger partial charge is 0.239 e. The summed E-state index contributed by atoms with van der Waals surface area (Å²) in [5.41, 5.74) is 7.92. The SMILES string of the molecule is CN(C)C(=O)[C@@H](N)Cc1cn(Cc2ccccc2)cn1. The van der Waals surface area contributed by atoms with Gasteiger partial charge < -0.3 is 15.2 Å². The van der Waals surface area contributed by atoms with Crippen molar-refractivity contribution in [3.63, 3.8) is 0 Å². The fraction of sp³-hybridized carbons (Fsp3) is 0.333. The molecule has 20 heavy (non-hydrogen) atoms. The zero-order valence-corrected chi connectivity index (χ0v) is 11.9. The van der Waals surface area contributed by atoms with Gasteiger partial charge >= 0.3 is 0 Å². The van der Waals surface area contributed by atoms with Gasteiger partial charge in [0.1, 0.15) is 0 Å². The fourth-order valence-electron chi connectivity index (χ4n) is 2.04. The standard InChI is InChI=1S/C15H20N4O/c1-18(2)15(20)14(16)8-13-10-19(11-17-13)9-12-6-4-3-5-7-12/h3-7,10-11,14H,8-9,16H2,1-2H3/t14-/m0/s1. The number of aromatic nitrogens is 2. The van der Waals surface area contributed by atoms with Crippen molar-refractivity contribution in [3.8, 4) is 0 Å². The van der Waals surface area contributed by atoms with Gasteiger partial charge in [0.15, 0.2) is 0 Å². The maximum absolute atomic E-state index is 11.7. The third kappa shape index (κ3) is 3.68. The van der Waals surface area contributed by atoms with Crippen molar-refractivity contribution in [1.82, 2.24) is 14.5 Å². The third-order valence-electron chi connectivity index (χ3n) is 3.08. The molecule has 0 aliphatic rings. The second-order valence-corrected chi connectivity index (χ2v) is 5.07. The third-order valence-corrected chi connectivity index (χ3v) is 3.08. The number of benzene rings is 1. The highest BCUT2D eigenvalue weighted by atomic mass is 16.2. The van der Waals surface area contributed by atoms with E-state index in [0.29, 0.717) is 6.42 Å². The number of rotatable bonds is 5. The Morgan fingerprint density at radius 3 is 2.70 bits per heavy atom. The van der Waals surface area contributed by atoms with Crippen LogP contribution in [0.15, 0.2) is 42.9 Å². The van der Waals surface area contributed by atoms with E-state index >= 15 is 0 Å². The van der Waals surface area contributed by atoms with Crippen LogP contribution in [0.25, 0.3) is 0 Å².